The molecule has 0 saturated heterocycles. The fraction of sp³-hybridized carbons (Fsp3) is 0.267. The number of aryl methyl sites for hydroxylation is 2. The topological polar surface area (TPSA) is 50.7 Å². The Morgan fingerprint density at radius 3 is 2.75 bits per heavy atom. The number of hydrogen-bond acceptors (Lipinski definition) is 5. The fourth-order valence-electron chi connectivity index (χ4n) is 2.24. The van der Waals surface area contributed by atoms with Crippen molar-refractivity contribution in [2.45, 2.75) is 20.3 Å². The molecule has 1 N–H and O–H groups in total. The lowest BCUT2D eigenvalue weighted by atomic mass is 10.0. The Morgan fingerprint density at radius 1 is 1.20 bits per heavy atom. The minimum Gasteiger partial charge on any atom is -0.363 e. The molecule has 0 bridgehead atoms. The Morgan fingerprint density at radius 2 is 2.05 bits per heavy atom. The van der Waals surface area contributed by atoms with E-state index in [1.54, 1.807) is 11.3 Å². The zero-order chi connectivity index (χ0) is 14.1. The molecule has 2 aromatic heterocycles. The zero-order valence-corrected chi connectivity index (χ0v) is 12.6. The van der Waals surface area contributed by atoms with Gasteiger partial charge in [0.25, 0.3) is 0 Å². The number of nitrogens with zero attached hydrogens (tertiary/aromatic N) is 3. The van der Waals surface area contributed by atoms with E-state index in [-0.39, 0.29) is 0 Å². The second-order valence-corrected chi connectivity index (χ2v) is 5.66. The molecule has 0 radical (unpaired) electrons. The Balaban J connectivity index is 2.26. The van der Waals surface area contributed by atoms with Crippen molar-refractivity contribution in [2.24, 2.45) is 0 Å². The first-order valence-electron chi connectivity index (χ1n) is 6.63. The molecule has 3 rings (SSSR count). The van der Waals surface area contributed by atoms with Gasteiger partial charge in [-0.15, -0.1) is 10.2 Å². The minimum absolute atomic E-state index is 0.828. The van der Waals surface area contributed by atoms with Gasteiger partial charge in [-0.2, -0.15) is 0 Å². The molecule has 0 aliphatic heterocycles. The quantitative estimate of drug-likeness (QED) is 0.797. The summed E-state index contributed by atoms with van der Waals surface area (Å²) in [6, 6.07) is 8.52. The maximum absolute atomic E-state index is 4.60. The second-order valence-electron chi connectivity index (χ2n) is 4.68. The SMILES string of the molecule is CCc1ccc2nc(C)cc(-c3nnc(NC)s3)c2c1. The Labute approximate surface area is 121 Å². The molecule has 4 nitrogen and oxygen atoms in total. The van der Waals surface area contributed by atoms with Crippen LogP contribution in [0.1, 0.15) is 18.2 Å². The van der Waals surface area contributed by atoms with Gasteiger partial charge in [-0.25, -0.2) is 0 Å². The van der Waals surface area contributed by atoms with Crippen LogP contribution in [0.15, 0.2) is 24.3 Å². The Hall–Kier alpha value is -2.01. The van der Waals surface area contributed by atoms with Gasteiger partial charge < -0.3 is 5.32 Å². The molecular formula is C15H16N4S. The summed E-state index contributed by atoms with van der Waals surface area (Å²) in [7, 11) is 1.86. The molecule has 20 heavy (non-hydrogen) atoms. The number of anilines is 1. The predicted octanol–water partition coefficient (Wildman–Crippen LogP) is 3.67. The van der Waals surface area contributed by atoms with Crippen molar-refractivity contribution in [1.82, 2.24) is 15.2 Å². The largest absolute Gasteiger partial charge is 0.363 e. The fourth-order valence-corrected chi connectivity index (χ4v) is 2.96. The van der Waals surface area contributed by atoms with E-state index in [1.807, 2.05) is 14.0 Å². The number of rotatable bonds is 3. The van der Waals surface area contributed by atoms with E-state index in [9.17, 15) is 0 Å². The molecule has 3 aromatic rings. The first-order chi connectivity index (χ1) is 9.71. The van der Waals surface area contributed by atoms with Crippen LogP contribution in [0.4, 0.5) is 5.13 Å². The standard InChI is InChI=1S/C15H16N4S/c1-4-10-5-6-13-11(8-10)12(7-9(2)17-13)14-18-19-15(16-3)20-14/h5-8H,4H2,1-3H3,(H,16,19). The Kier molecular flexibility index (Phi) is 3.36. The number of pyridine rings is 1. The molecule has 0 spiro atoms. The van der Waals surface area contributed by atoms with E-state index in [0.717, 1.165) is 38.7 Å². The van der Waals surface area contributed by atoms with E-state index >= 15 is 0 Å². The first kappa shape index (κ1) is 13.0. The molecule has 0 aliphatic carbocycles. The summed E-state index contributed by atoms with van der Waals surface area (Å²) in [5, 5.41) is 14.3. The number of fused-ring (bicyclic) bond motifs is 1. The van der Waals surface area contributed by atoms with Crippen LogP contribution in [0, 0.1) is 6.92 Å². The van der Waals surface area contributed by atoms with Crippen LogP contribution in [0.25, 0.3) is 21.5 Å². The van der Waals surface area contributed by atoms with Crippen molar-refractivity contribution in [3.05, 3.63) is 35.5 Å². The lowest BCUT2D eigenvalue weighted by Gasteiger charge is -2.07. The van der Waals surface area contributed by atoms with Crippen LogP contribution in [0.3, 0.4) is 0 Å². The molecular weight excluding hydrogens is 268 g/mol. The molecule has 5 heteroatoms. The number of aromatic nitrogens is 3. The highest BCUT2D eigenvalue weighted by Gasteiger charge is 2.11. The van der Waals surface area contributed by atoms with Gasteiger partial charge >= 0.3 is 0 Å². The first-order valence-corrected chi connectivity index (χ1v) is 7.45. The third-order valence-electron chi connectivity index (χ3n) is 3.28. The van der Waals surface area contributed by atoms with E-state index in [1.165, 1.54) is 5.56 Å². The van der Waals surface area contributed by atoms with Crippen LogP contribution < -0.4 is 5.32 Å². The van der Waals surface area contributed by atoms with Gasteiger partial charge in [0.05, 0.1) is 5.52 Å². The van der Waals surface area contributed by atoms with Gasteiger partial charge in [-0.3, -0.25) is 4.98 Å². The van der Waals surface area contributed by atoms with E-state index < -0.39 is 0 Å². The summed E-state index contributed by atoms with van der Waals surface area (Å²) in [6.07, 6.45) is 1.02. The summed E-state index contributed by atoms with van der Waals surface area (Å²) < 4.78 is 0. The molecule has 0 amide bonds. The molecule has 0 saturated carbocycles. The lowest BCUT2D eigenvalue weighted by Crippen LogP contribution is -1.90. The van der Waals surface area contributed by atoms with Gasteiger partial charge in [0.1, 0.15) is 5.01 Å². The highest BCUT2D eigenvalue weighted by molar-refractivity contribution is 7.18. The highest BCUT2D eigenvalue weighted by atomic mass is 32.1. The van der Waals surface area contributed by atoms with Crippen LogP contribution in [-0.2, 0) is 6.42 Å². The summed E-state index contributed by atoms with van der Waals surface area (Å²) >= 11 is 1.56. The summed E-state index contributed by atoms with van der Waals surface area (Å²) in [5.74, 6) is 0. The van der Waals surface area contributed by atoms with E-state index in [0.29, 0.717) is 0 Å². The molecule has 0 unspecified atom stereocenters. The summed E-state index contributed by atoms with van der Waals surface area (Å²) in [6.45, 7) is 4.17. The molecule has 2 heterocycles. The Bertz CT molecular complexity index is 764. The van der Waals surface area contributed by atoms with Gasteiger partial charge in [0, 0.05) is 23.7 Å². The third kappa shape index (κ3) is 2.25. The van der Waals surface area contributed by atoms with Crippen molar-refractivity contribution in [1.29, 1.82) is 0 Å². The molecule has 0 atom stereocenters. The maximum Gasteiger partial charge on any atom is 0.205 e. The van der Waals surface area contributed by atoms with Crippen molar-refractivity contribution in [3.63, 3.8) is 0 Å². The predicted molar refractivity (Wildman–Crippen MR) is 84.3 cm³/mol. The average molecular weight is 284 g/mol. The van der Waals surface area contributed by atoms with Crippen LogP contribution in [0.2, 0.25) is 0 Å². The van der Waals surface area contributed by atoms with Crippen molar-refractivity contribution < 1.29 is 0 Å². The summed E-state index contributed by atoms with van der Waals surface area (Å²) in [4.78, 5) is 4.60. The van der Waals surface area contributed by atoms with Gasteiger partial charge in [-0.1, -0.05) is 24.3 Å². The zero-order valence-electron chi connectivity index (χ0n) is 11.8. The number of nitrogens with one attached hydrogen (secondary N) is 1. The van der Waals surface area contributed by atoms with E-state index in [4.69, 9.17) is 0 Å². The van der Waals surface area contributed by atoms with E-state index in [2.05, 4.69) is 51.7 Å². The second kappa shape index (κ2) is 5.17. The third-order valence-corrected chi connectivity index (χ3v) is 4.25. The van der Waals surface area contributed by atoms with Crippen LogP contribution in [0.5, 0.6) is 0 Å². The van der Waals surface area contributed by atoms with Crippen molar-refractivity contribution >= 4 is 27.4 Å². The van der Waals surface area contributed by atoms with Crippen LogP contribution in [-0.4, -0.2) is 22.2 Å². The highest BCUT2D eigenvalue weighted by Crippen LogP contribution is 2.32. The molecule has 102 valence electrons. The van der Waals surface area contributed by atoms with Gasteiger partial charge in [-0.05, 0) is 37.1 Å². The monoisotopic (exact) mass is 284 g/mol. The van der Waals surface area contributed by atoms with Gasteiger partial charge in [0.2, 0.25) is 5.13 Å². The molecule has 0 fully saturated rings. The van der Waals surface area contributed by atoms with Crippen molar-refractivity contribution in [3.8, 4) is 10.6 Å². The smallest absolute Gasteiger partial charge is 0.205 e. The molecule has 1 aromatic carbocycles. The number of benzene rings is 1. The van der Waals surface area contributed by atoms with Gasteiger partial charge in [0.15, 0.2) is 0 Å². The minimum atomic E-state index is 0.828. The van der Waals surface area contributed by atoms with Crippen LogP contribution >= 0.6 is 11.3 Å². The van der Waals surface area contributed by atoms with Crippen molar-refractivity contribution in [2.75, 3.05) is 12.4 Å². The normalized spacial score (nSPS) is 10.9. The lowest BCUT2D eigenvalue weighted by molar-refractivity contribution is 1.09. The maximum atomic E-state index is 4.60. The molecule has 0 aliphatic rings. The summed E-state index contributed by atoms with van der Waals surface area (Å²) in [5.41, 5.74) is 4.43. The number of hydrogen-bond donors (Lipinski definition) is 1. The average Bonchev–Trinajstić information content (AvgIpc) is 2.94.